The second-order valence-corrected chi connectivity index (χ2v) is 6.33. The Bertz CT molecular complexity index is 989. The van der Waals surface area contributed by atoms with Gasteiger partial charge < -0.3 is 4.57 Å². The van der Waals surface area contributed by atoms with Crippen LogP contribution in [0.1, 0.15) is 5.56 Å². The molecule has 0 aliphatic heterocycles. The first kappa shape index (κ1) is 15.2. The van der Waals surface area contributed by atoms with E-state index in [1.165, 1.54) is 0 Å². The molecule has 0 spiro atoms. The van der Waals surface area contributed by atoms with Gasteiger partial charge in [0.2, 0.25) is 0 Å². The van der Waals surface area contributed by atoms with E-state index >= 15 is 0 Å². The Morgan fingerprint density at radius 3 is 2.42 bits per heavy atom. The molecule has 0 aliphatic carbocycles. The van der Waals surface area contributed by atoms with E-state index < -0.39 is 0 Å². The van der Waals surface area contributed by atoms with Crippen LogP contribution in [0.15, 0.2) is 66.9 Å². The monoisotopic (exact) mass is 353 g/mol. The molecule has 2 aromatic heterocycles. The van der Waals surface area contributed by atoms with Crippen LogP contribution in [-0.4, -0.2) is 14.5 Å². The number of rotatable bonds is 3. The predicted molar refractivity (Wildman–Crippen MR) is 98.5 cm³/mol. The van der Waals surface area contributed by atoms with E-state index in [1.807, 2.05) is 48.5 Å². The van der Waals surface area contributed by atoms with Gasteiger partial charge in [-0.15, -0.1) is 0 Å². The fourth-order valence-corrected chi connectivity index (χ4v) is 2.97. The first-order valence-electron chi connectivity index (χ1n) is 7.52. The average Bonchev–Trinajstić information content (AvgIpc) is 2.96. The topological polar surface area (TPSA) is 30.7 Å². The number of hydrogen-bond acceptors (Lipinski definition) is 2. The van der Waals surface area contributed by atoms with E-state index in [2.05, 4.69) is 15.6 Å². The van der Waals surface area contributed by atoms with E-state index in [-0.39, 0.29) is 0 Å². The Morgan fingerprint density at radius 1 is 0.875 bits per heavy atom. The molecule has 118 valence electrons. The summed E-state index contributed by atoms with van der Waals surface area (Å²) in [6.07, 6.45) is 1.75. The summed E-state index contributed by atoms with van der Waals surface area (Å²) in [5.41, 5.74) is 4.13. The summed E-state index contributed by atoms with van der Waals surface area (Å²) in [6, 6.07) is 19.7. The van der Waals surface area contributed by atoms with Crippen molar-refractivity contribution in [2.45, 2.75) is 6.54 Å². The lowest BCUT2D eigenvalue weighted by molar-refractivity contribution is 0.834. The van der Waals surface area contributed by atoms with Crippen LogP contribution >= 0.6 is 23.2 Å². The number of imidazole rings is 1. The van der Waals surface area contributed by atoms with Crippen molar-refractivity contribution >= 4 is 34.2 Å². The highest BCUT2D eigenvalue weighted by Crippen LogP contribution is 2.26. The van der Waals surface area contributed by atoms with Gasteiger partial charge in [0, 0.05) is 23.3 Å². The summed E-state index contributed by atoms with van der Waals surface area (Å²) in [5, 5.41) is 1.20. The van der Waals surface area contributed by atoms with Crippen LogP contribution in [0.3, 0.4) is 0 Å². The van der Waals surface area contributed by atoms with Crippen LogP contribution in [0.25, 0.3) is 22.4 Å². The van der Waals surface area contributed by atoms with Gasteiger partial charge in [-0.25, -0.2) is 9.97 Å². The molecule has 3 nitrogen and oxygen atoms in total. The van der Waals surface area contributed by atoms with Crippen molar-refractivity contribution < 1.29 is 0 Å². The number of nitrogens with zero attached hydrogens (tertiary/aromatic N) is 3. The number of hydrogen-bond donors (Lipinski definition) is 0. The Kier molecular flexibility index (Phi) is 3.97. The third-order valence-corrected chi connectivity index (χ3v) is 4.37. The van der Waals surface area contributed by atoms with E-state index in [1.54, 1.807) is 12.3 Å². The Balaban J connectivity index is 1.86. The molecule has 0 saturated carbocycles. The highest BCUT2D eigenvalue weighted by atomic mass is 35.5. The second kappa shape index (κ2) is 6.27. The maximum absolute atomic E-state index is 5.99. The molecule has 2 heterocycles. The summed E-state index contributed by atoms with van der Waals surface area (Å²) in [4.78, 5) is 8.96. The van der Waals surface area contributed by atoms with Crippen LogP contribution in [0.2, 0.25) is 10.2 Å². The lowest BCUT2D eigenvalue weighted by Gasteiger charge is -2.10. The highest BCUT2D eigenvalue weighted by molar-refractivity contribution is 6.30. The van der Waals surface area contributed by atoms with E-state index in [0.717, 1.165) is 33.0 Å². The van der Waals surface area contributed by atoms with Crippen LogP contribution in [0, 0.1) is 0 Å². The van der Waals surface area contributed by atoms with Gasteiger partial charge in [0.05, 0.1) is 11.0 Å². The molecule has 2 aromatic carbocycles. The Hall–Kier alpha value is -2.36. The molecule has 0 N–H and O–H groups in total. The zero-order chi connectivity index (χ0) is 16.5. The van der Waals surface area contributed by atoms with Crippen molar-refractivity contribution in [1.82, 2.24) is 14.5 Å². The number of benzene rings is 2. The van der Waals surface area contributed by atoms with Crippen molar-refractivity contribution in [3.05, 3.63) is 82.6 Å². The molecule has 0 saturated heterocycles. The van der Waals surface area contributed by atoms with Crippen LogP contribution < -0.4 is 0 Å². The van der Waals surface area contributed by atoms with Gasteiger partial charge in [-0.1, -0.05) is 47.5 Å². The summed E-state index contributed by atoms with van der Waals surface area (Å²) < 4.78 is 2.18. The highest BCUT2D eigenvalue weighted by Gasteiger charge is 2.13. The van der Waals surface area contributed by atoms with Gasteiger partial charge in [-0.2, -0.15) is 0 Å². The maximum Gasteiger partial charge on any atom is 0.143 e. The maximum atomic E-state index is 5.99. The number of pyridine rings is 1. The minimum Gasteiger partial charge on any atom is -0.319 e. The molecule has 0 fully saturated rings. The molecule has 24 heavy (non-hydrogen) atoms. The Morgan fingerprint density at radius 2 is 1.67 bits per heavy atom. The normalized spacial score (nSPS) is 11.1. The van der Waals surface area contributed by atoms with E-state index in [0.29, 0.717) is 11.7 Å². The molecular formula is C19H13Cl2N3. The van der Waals surface area contributed by atoms with Gasteiger partial charge in [0.25, 0.3) is 0 Å². The van der Waals surface area contributed by atoms with Crippen molar-refractivity contribution in [3.63, 3.8) is 0 Å². The predicted octanol–water partition coefficient (Wildman–Crippen LogP) is 5.45. The van der Waals surface area contributed by atoms with E-state index in [4.69, 9.17) is 28.2 Å². The molecule has 0 bridgehead atoms. The smallest absolute Gasteiger partial charge is 0.143 e. The van der Waals surface area contributed by atoms with Crippen LogP contribution in [-0.2, 0) is 6.54 Å². The summed E-state index contributed by atoms with van der Waals surface area (Å²) in [5.74, 6) is 0.871. The lowest BCUT2D eigenvalue weighted by atomic mass is 10.2. The third-order valence-electron chi connectivity index (χ3n) is 3.89. The zero-order valence-corrected chi connectivity index (χ0v) is 14.2. The van der Waals surface area contributed by atoms with Crippen LogP contribution in [0.4, 0.5) is 0 Å². The van der Waals surface area contributed by atoms with Gasteiger partial charge in [0.1, 0.15) is 11.0 Å². The number of para-hydroxylation sites is 2. The molecule has 5 heteroatoms. The third kappa shape index (κ3) is 2.88. The number of aromatic nitrogens is 3. The fraction of sp³-hybridized carbons (Fsp3) is 0.0526. The Labute approximate surface area is 149 Å². The molecule has 0 aliphatic rings. The average molecular weight is 354 g/mol. The first-order valence-corrected chi connectivity index (χ1v) is 8.28. The SMILES string of the molecule is Clc1ccc(Cn2c(-c3ccc(Cl)nc3)nc3ccccc32)cc1. The van der Waals surface area contributed by atoms with Crippen molar-refractivity contribution in [2.24, 2.45) is 0 Å². The molecule has 4 aromatic rings. The van der Waals surface area contributed by atoms with Crippen LogP contribution in [0.5, 0.6) is 0 Å². The number of fused-ring (bicyclic) bond motifs is 1. The largest absolute Gasteiger partial charge is 0.319 e. The molecule has 4 rings (SSSR count). The first-order chi connectivity index (χ1) is 11.7. The second-order valence-electron chi connectivity index (χ2n) is 5.51. The molecule has 0 radical (unpaired) electrons. The minimum atomic E-state index is 0.471. The van der Waals surface area contributed by atoms with Crippen molar-refractivity contribution in [1.29, 1.82) is 0 Å². The van der Waals surface area contributed by atoms with Gasteiger partial charge in [-0.3, -0.25) is 0 Å². The standard InChI is InChI=1S/C19H13Cl2N3/c20-15-8-5-13(6-9-15)12-24-17-4-2-1-3-16(17)23-19(24)14-7-10-18(21)22-11-14/h1-11H,12H2. The fourth-order valence-electron chi connectivity index (χ4n) is 2.74. The minimum absolute atomic E-state index is 0.471. The van der Waals surface area contributed by atoms with E-state index in [9.17, 15) is 0 Å². The molecule has 0 atom stereocenters. The molecular weight excluding hydrogens is 341 g/mol. The van der Waals surface area contributed by atoms with Gasteiger partial charge >= 0.3 is 0 Å². The molecule has 0 unspecified atom stereocenters. The zero-order valence-electron chi connectivity index (χ0n) is 12.7. The quantitative estimate of drug-likeness (QED) is 0.458. The number of halogens is 2. The molecule has 0 amide bonds. The lowest BCUT2D eigenvalue weighted by Crippen LogP contribution is -2.02. The summed E-state index contributed by atoms with van der Waals surface area (Å²) in [6.45, 7) is 0.704. The van der Waals surface area contributed by atoms with Gasteiger partial charge in [0.15, 0.2) is 0 Å². The summed E-state index contributed by atoms with van der Waals surface area (Å²) >= 11 is 11.9. The summed E-state index contributed by atoms with van der Waals surface area (Å²) in [7, 11) is 0. The van der Waals surface area contributed by atoms with Crippen molar-refractivity contribution in [3.8, 4) is 11.4 Å². The van der Waals surface area contributed by atoms with Crippen molar-refractivity contribution in [2.75, 3.05) is 0 Å². The van der Waals surface area contributed by atoms with Gasteiger partial charge in [-0.05, 0) is 42.0 Å².